The molecule has 18 heavy (non-hydrogen) atoms. The molecule has 0 amide bonds. The van der Waals surface area contributed by atoms with Crippen molar-refractivity contribution < 1.29 is 0 Å². The molecular weight excluding hydrogens is 216 g/mol. The Hall–Kier alpha value is -0.520. The van der Waals surface area contributed by atoms with Crippen molar-refractivity contribution in [2.45, 2.75) is 78.1 Å². The zero-order valence-corrected chi connectivity index (χ0v) is 12.6. The molecule has 0 spiro atoms. The number of hydrogen-bond acceptors (Lipinski definition) is 0. The second kappa shape index (κ2) is 8.56. The molecule has 0 aromatic rings. The van der Waals surface area contributed by atoms with Crippen LogP contribution in [0.4, 0.5) is 0 Å². The van der Waals surface area contributed by atoms with Gasteiger partial charge in [0.2, 0.25) is 0 Å². The SMILES string of the molecule is C=C[C@](C)(/C=C/CCCCCC)C1CCCCC1. The van der Waals surface area contributed by atoms with Gasteiger partial charge in [-0.3, -0.25) is 0 Å². The lowest BCUT2D eigenvalue weighted by molar-refractivity contribution is 0.238. The maximum atomic E-state index is 4.09. The normalized spacial score (nSPS) is 21.0. The van der Waals surface area contributed by atoms with Gasteiger partial charge in [-0.25, -0.2) is 0 Å². The lowest BCUT2D eigenvalue weighted by Gasteiger charge is -2.35. The van der Waals surface area contributed by atoms with Gasteiger partial charge >= 0.3 is 0 Å². The quantitative estimate of drug-likeness (QED) is 0.350. The largest absolute Gasteiger partial charge is 0.102 e. The first-order valence-corrected chi connectivity index (χ1v) is 8.04. The van der Waals surface area contributed by atoms with Crippen LogP contribution in [-0.4, -0.2) is 0 Å². The van der Waals surface area contributed by atoms with Crippen LogP contribution in [0.2, 0.25) is 0 Å². The van der Waals surface area contributed by atoms with Gasteiger partial charge in [-0.1, -0.05) is 70.6 Å². The van der Waals surface area contributed by atoms with E-state index in [2.05, 4.69) is 38.7 Å². The van der Waals surface area contributed by atoms with Crippen LogP contribution >= 0.6 is 0 Å². The van der Waals surface area contributed by atoms with Crippen molar-refractivity contribution in [1.29, 1.82) is 0 Å². The molecule has 1 aliphatic carbocycles. The highest BCUT2D eigenvalue weighted by atomic mass is 14.3. The third-order valence-electron chi connectivity index (χ3n) is 4.63. The minimum Gasteiger partial charge on any atom is -0.102 e. The third-order valence-corrected chi connectivity index (χ3v) is 4.63. The van der Waals surface area contributed by atoms with Crippen molar-refractivity contribution in [1.82, 2.24) is 0 Å². The topological polar surface area (TPSA) is 0 Å². The predicted molar refractivity (Wildman–Crippen MR) is 82.8 cm³/mol. The Morgan fingerprint density at radius 1 is 1.11 bits per heavy atom. The van der Waals surface area contributed by atoms with Gasteiger partial charge in [0.25, 0.3) is 0 Å². The summed E-state index contributed by atoms with van der Waals surface area (Å²) in [4.78, 5) is 0. The molecule has 0 aliphatic heterocycles. The summed E-state index contributed by atoms with van der Waals surface area (Å²) >= 11 is 0. The monoisotopic (exact) mass is 248 g/mol. The van der Waals surface area contributed by atoms with E-state index in [9.17, 15) is 0 Å². The van der Waals surface area contributed by atoms with E-state index in [4.69, 9.17) is 0 Å². The van der Waals surface area contributed by atoms with Crippen LogP contribution in [0.25, 0.3) is 0 Å². The maximum absolute atomic E-state index is 4.09. The van der Waals surface area contributed by atoms with E-state index >= 15 is 0 Å². The third kappa shape index (κ3) is 5.00. The molecule has 0 aromatic heterocycles. The summed E-state index contributed by atoms with van der Waals surface area (Å²) in [6.07, 6.45) is 20.8. The van der Waals surface area contributed by atoms with E-state index in [1.807, 2.05) is 0 Å². The van der Waals surface area contributed by atoms with Gasteiger partial charge in [-0.15, -0.1) is 6.58 Å². The molecule has 0 N–H and O–H groups in total. The van der Waals surface area contributed by atoms with Crippen LogP contribution in [-0.2, 0) is 0 Å². The Kier molecular flexibility index (Phi) is 7.39. The number of unbranched alkanes of at least 4 members (excludes halogenated alkanes) is 4. The standard InChI is InChI=1S/C18H32/c1-4-6-7-8-9-13-16-18(3,5-2)17-14-11-10-12-15-17/h5,13,16-17H,2,4,6-12,14-15H2,1,3H3/b16-13+/t18-/m1/s1. The second-order valence-corrected chi connectivity index (χ2v) is 6.16. The van der Waals surface area contributed by atoms with Crippen molar-refractivity contribution in [2.75, 3.05) is 0 Å². The highest BCUT2D eigenvalue weighted by molar-refractivity contribution is 5.10. The Morgan fingerprint density at radius 3 is 2.44 bits per heavy atom. The van der Waals surface area contributed by atoms with E-state index in [0.717, 1.165) is 5.92 Å². The van der Waals surface area contributed by atoms with Gasteiger partial charge in [-0.05, 0) is 31.6 Å². The molecule has 0 bridgehead atoms. The summed E-state index contributed by atoms with van der Waals surface area (Å²) in [5.74, 6) is 0.829. The Balaban J connectivity index is 2.38. The maximum Gasteiger partial charge on any atom is 0.00582 e. The molecule has 1 atom stereocenters. The van der Waals surface area contributed by atoms with E-state index in [1.54, 1.807) is 0 Å². The van der Waals surface area contributed by atoms with Crippen LogP contribution in [0.3, 0.4) is 0 Å². The lowest BCUT2D eigenvalue weighted by atomic mass is 9.70. The summed E-state index contributed by atoms with van der Waals surface area (Å²) in [6, 6.07) is 0. The van der Waals surface area contributed by atoms with Gasteiger partial charge in [-0.2, -0.15) is 0 Å². The van der Waals surface area contributed by atoms with Crippen molar-refractivity contribution in [3.63, 3.8) is 0 Å². The molecule has 0 heteroatoms. The second-order valence-electron chi connectivity index (χ2n) is 6.16. The zero-order valence-electron chi connectivity index (χ0n) is 12.6. The molecule has 104 valence electrons. The fraction of sp³-hybridized carbons (Fsp3) is 0.778. The smallest absolute Gasteiger partial charge is 0.00582 e. The molecule has 0 saturated heterocycles. The fourth-order valence-electron chi connectivity index (χ4n) is 3.12. The molecular formula is C18H32. The summed E-state index contributed by atoms with van der Waals surface area (Å²) in [7, 11) is 0. The van der Waals surface area contributed by atoms with Gasteiger partial charge in [0, 0.05) is 5.41 Å². The van der Waals surface area contributed by atoms with E-state index in [1.165, 1.54) is 64.2 Å². The first-order chi connectivity index (χ1) is 8.73. The average molecular weight is 248 g/mol. The van der Waals surface area contributed by atoms with Crippen molar-refractivity contribution in [3.05, 3.63) is 24.8 Å². The first kappa shape index (κ1) is 15.5. The van der Waals surface area contributed by atoms with Gasteiger partial charge < -0.3 is 0 Å². The Labute approximate surface area is 115 Å². The number of rotatable bonds is 8. The minimum atomic E-state index is 0.241. The van der Waals surface area contributed by atoms with Gasteiger partial charge in [0.15, 0.2) is 0 Å². The lowest BCUT2D eigenvalue weighted by Crippen LogP contribution is -2.25. The predicted octanol–water partition coefficient (Wildman–Crippen LogP) is 6.29. The summed E-state index contributed by atoms with van der Waals surface area (Å²) in [5.41, 5.74) is 0.241. The highest BCUT2D eigenvalue weighted by Crippen LogP contribution is 2.40. The van der Waals surface area contributed by atoms with Crippen LogP contribution < -0.4 is 0 Å². The zero-order chi connectivity index (χ0) is 13.3. The summed E-state index contributed by atoms with van der Waals surface area (Å²) in [6.45, 7) is 8.73. The summed E-state index contributed by atoms with van der Waals surface area (Å²) in [5, 5.41) is 0. The number of hydrogen-bond donors (Lipinski definition) is 0. The van der Waals surface area contributed by atoms with Gasteiger partial charge in [0.05, 0.1) is 0 Å². The molecule has 1 saturated carbocycles. The first-order valence-electron chi connectivity index (χ1n) is 8.04. The number of allylic oxidation sites excluding steroid dienone is 3. The van der Waals surface area contributed by atoms with Crippen molar-refractivity contribution >= 4 is 0 Å². The van der Waals surface area contributed by atoms with Crippen molar-refractivity contribution in [3.8, 4) is 0 Å². The molecule has 0 nitrogen and oxygen atoms in total. The van der Waals surface area contributed by atoms with Crippen LogP contribution in [0.15, 0.2) is 24.8 Å². The fourth-order valence-corrected chi connectivity index (χ4v) is 3.12. The molecule has 0 aromatic carbocycles. The highest BCUT2D eigenvalue weighted by Gasteiger charge is 2.29. The molecule has 1 rings (SSSR count). The van der Waals surface area contributed by atoms with Crippen molar-refractivity contribution in [2.24, 2.45) is 11.3 Å². The van der Waals surface area contributed by atoms with E-state index in [0.29, 0.717) is 0 Å². The molecule has 1 fully saturated rings. The van der Waals surface area contributed by atoms with Crippen LogP contribution in [0, 0.1) is 11.3 Å². The summed E-state index contributed by atoms with van der Waals surface area (Å²) < 4.78 is 0. The molecule has 1 aliphatic rings. The Bertz CT molecular complexity index is 245. The van der Waals surface area contributed by atoms with Crippen LogP contribution in [0.5, 0.6) is 0 Å². The van der Waals surface area contributed by atoms with Gasteiger partial charge in [0.1, 0.15) is 0 Å². The van der Waals surface area contributed by atoms with Crippen LogP contribution in [0.1, 0.15) is 78.1 Å². The minimum absolute atomic E-state index is 0.241. The average Bonchev–Trinajstić information content (AvgIpc) is 2.43. The molecule has 0 heterocycles. The van der Waals surface area contributed by atoms with E-state index < -0.39 is 0 Å². The molecule has 0 radical (unpaired) electrons. The van der Waals surface area contributed by atoms with E-state index in [-0.39, 0.29) is 5.41 Å². The Morgan fingerprint density at radius 2 is 1.83 bits per heavy atom. The molecule has 0 unspecified atom stereocenters.